The predicted octanol–water partition coefficient (Wildman–Crippen LogP) is -0.867. The van der Waals surface area contributed by atoms with E-state index in [0.717, 1.165) is 0 Å². The van der Waals surface area contributed by atoms with Crippen molar-refractivity contribution in [2.75, 3.05) is 0 Å². The molecule has 0 bridgehead atoms. The summed E-state index contributed by atoms with van der Waals surface area (Å²) < 4.78 is 7.68. The number of esters is 1. The van der Waals surface area contributed by atoms with Crippen molar-refractivity contribution in [2.45, 2.75) is 6.10 Å². The van der Waals surface area contributed by atoms with E-state index >= 15 is 0 Å². The molecule has 0 amide bonds. The molecule has 1 unspecified atom stereocenters. The number of carbonyl (C=O) groups excluding carboxylic acids is 2. The van der Waals surface area contributed by atoms with E-state index < -0.39 is 24.2 Å². The highest BCUT2D eigenvalue weighted by Crippen LogP contribution is 2.07. The van der Waals surface area contributed by atoms with E-state index in [-0.39, 0.29) is 0 Å². The molecule has 54 valence electrons. The highest BCUT2D eigenvalue weighted by atomic mass is 16.8. The Morgan fingerprint density at radius 1 is 1.50 bits per heavy atom. The molecule has 10 heavy (non-hydrogen) atoms. The van der Waals surface area contributed by atoms with Gasteiger partial charge >= 0.3 is 18.1 Å². The Bertz CT molecular complexity index is 206. The minimum Gasteiger partial charge on any atom is -0.478 e. The van der Waals surface area contributed by atoms with E-state index in [0.29, 0.717) is 0 Å². The van der Waals surface area contributed by atoms with Gasteiger partial charge in [-0.15, -0.1) is 0 Å². The molecule has 1 aliphatic heterocycles. The molecule has 0 saturated carbocycles. The lowest BCUT2D eigenvalue weighted by atomic mass is 10.4. The van der Waals surface area contributed by atoms with Gasteiger partial charge in [0.15, 0.2) is 0 Å². The molecule has 0 aromatic rings. The van der Waals surface area contributed by atoms with E-state index in [1.165, 1.54) is 0 Å². The summed E-state index contributed by atoms with van der Waals surface area (Å²) in [6.45, 7) is 0. The van der Waals surface area contributed by atoms with E-state index in [9.17, 15) is 14.4 Å². The van der Waals surface area contributed by atoms with Crippen LogP contribution >= 0.6 is 0 Å². The Hall–Kier alpha value is -1.59. The zero-order valence-electron chi connectivity index (χ0n) is 4.57. The number of carboxylic acids is 1. The van der Waals surface area contributed by atoms with Gasteiger partial charge in [-0.2, -0.15) is 0 Å². The summed E-state index contributed by atoms with van der Waals surface area (Å²) in [6.07, 6.45) is -3.05. The average Bonchev–Trinajstić information content (AvgIpc) is 2.10. The molecular formula is C4H2O6. The van der Waals surface area contributed by atoms with Crippen molar-refractivity contribution in [1.29, 1.82) is 0 Å². The lowest BCUT2D eigenvalue weighted by Gasteiger charge is -1.93. The van der Waals surface area contributed by atoms with Crippen molar-refractivity contribution in [3.05, 3.63) is 0 Å². The third kappa shape index (κ3) is 0.903. The third-order valence-electron chi connectivity index (χ3n) is 0.836. The molecule has 6 nitrogen and oxygen atoms in total. The molecule has 1 N–H and O–H groups in total. The van der Waals surface area contributed by atoms with Gasteiger partial charge in [0.05, 0.1) is 0 Å². The highest BCUT2D eigenvalue weighted by molar-refractivity contribution is 6.04. The maximum Gasteiger partial charge on any atom is 0.517 e. The topological polar surface area (TPSA) is 89.9 Å². The van der Waals surface area contributed by atoms with Crippen molar-refractivity contribution >= 4 is 18.1 Å². The Morgan fingerprint density at radius 3 is 2.30 bits per heavy atom. The van der Waals surface area contributed by atoms with Crippen LogP contribution in [0, 0.1) is 0 Å². The number of aliphatic carboxylic acids is 1. The number of carboxylic acid groups (broad SMARTS) is 1. The van der Waals surface area contributed by atoms with Crippen LogP contribution in [0.3, 0.4) is 0 Å². The summed E-state index contributed by atoms with van der Waals surface area (Å²) >= 11 is 0. The molecule has 6 heteroatoms. The normalized spacial score (nSPS) is 23.8. The maximum absolute atomic E-state index is 10.3. The standard InChI is InChI=1S/C4H2O6/c5-2(6)1-3(7)10-4(8)9-1/h1H,(H,5,6). The van der Waals surface area contributed by atoms with Gasteiger partial charge in [-0.05, 0) is 0 Å². The molecule has 0 aliphatic carbocycles. The van der Waals surface area contributed by atoms with Gasteiger partial charge in [0, 0.05) is 0 Å². The SMILES string of the molecule is O=C1OC(=O)C(C(=O)O)O1. The van der Waals surface area contributed by atoms with Crippen LogP contribution in [0.4, 0.5) is 4.79 Å². The predicted molar refractivity (Wildman–Crippen MR) is 24.0 cm³/mol. The number of hydrogen-bond acceptors (Lipinski definition) is 5. The van der Waals surface area contributed by atoms with Crippen LogP contribution in [0.25, 0.3) is 0 Å². The highest BCUT2D eigenvalue weighted by Gasteiger charge is 2.41. The molecule has 0 aromatic carbocycles. The van der Waals surface area contributed by atoms with E-state index in [2.05, 4.69) is 9.47 Å². The fourth-order valence-electron chi connectivity index (χ4n) is 0.455. The Labute approximate surface area is 54.3 Å². The van der Waals surface area contributed by atoms with Crippen LogP contribution in [0.5, 0.6) is 0 Å². The van der Waals surface area contributed by atoms with Crippen molar-refractivity contribution in [3.63, 3.8) is 0 Å². The van der Waals surface area contributed by atoms with Gasteiger partial charge in [-0.1, -0.05) is 0 Å². The zero-order valence-corrected chi connectivity index (χ0v) is 4.57. The monoisotopic (exact) mass is 146 g/mol. The molecule has 0 aromatic heterocycles. The van der Waals surface area contributed by atoms with Gasteiger partial charge in [0.1, 0.15) is 0 Å². The number of ether oxygens (including phenoxy) is 2. The molecule has 1 fully saturated rings. The fourth-order valence-corrected chi connectivity index (χ4v) is 0.455. The van der Waals surface area contributed by atoms with Crippen LogP contribution in [-0.4, -0.2) is 29.3 Å². The number of carbonyl (C=O) groups is 3. The fraction of sp³-hybridized carbons (Fsp3) is 0.250. The molecule has 1 aliphatic rings. The average molecular weight is 146 g/mol. The summed E-state index contributed by atoms with van der Waals surface area (Å²) in [4.78, 5) is 30.3. The van der Waals surface area contributed by atoms with Gasteiger partial charge in [-0.25, -0.2) is 14.4 Å². The van der Waals surface area contributed by atoms with Crippen LogP contribution in [0.15, 0.2) is 0 Å². The first kappa shape index (κ1) is 6.53. The Balaban J connectivity index is 2.72. The second-order valence-corrected chi connectivity index (χ2v) is 1.51. The molecule has 1 atom stereocenters. The first-order valence-electron chi connectivity index (χ1n) is 2.26. The molecule has 1 rings (SSSR count). The van der Waals surface area contributed by atoms with Crippen LogP contribution in [0.2, 0.25) is 0 Å². The summed E-state index contributed by atoms with van der Waals surface area (Å²) in [5, 5.41) is 8.12. The number of rotatable bonds is 1. The van der Waals surface area contributed by atoms with Gasteiger partial charge in [-0.3, -0.25) is 0 Å². The van der Waals surface area contributed by atoms with Crippen LogP contribution < -0.4 is 0 Å². The van der Waals surface area contributed by atoms with Crippen molar-refractivity contribution in [1.82, 2.24) is 0 Å². The Kier molecular flexibility index (Phi) is 1.29. The van der Waals surface area contributed by atoms with Crippen LogP contribution in [-0.2, 0) is 19.1 Å². The van der Waals surface area contributed by atoms with Crippen molar-refractivity contribution < 1.29 is 29.0 Å². The van der Waals surface area contributed by atoms with Crippen molar-refractivity contribution in [3.8, 4) is 0 Å². The number of cyclic esters (lactones) is 3. The van der Waals surface area contributed by atoms with E-state index in [1.54, 1.807) is 0 Å². The summed E-state index contributed by atoms with van der Waals surface area (Å²) in [5.74, 6) is -2.71. The molecule has 0 spiro atoms. The number of hydrogen-bond donors (Lipinski definition) is 1. The molecule has 1 heterocycles. The maximum atomic E-state index is 10.3. The van der Waals surface area contributed by atoms with E-state index in [4.69, 9.17) is 5.11 Å². The quantitative estimate of drug-likeness (QED) is 0.382. The lowest BCUT2D eigenvalue weighted by molar-refractivity contribution is -0.152. The van der Waals surface area contributed by atoms with Crippen LogP contribution in [0.1, 0.15) is 0 Å². The van der Waals surface area contributed by atoms with Gasteiger partial charge in [0.25, 0.3) is 6.10 Å². The first-order chi connectivity index (χ1) is 4.61. The third-order valence-corrected chi connectivity index (χ3v) is 0.836. The second-order valence-electron chi connectivity index (χ2n) is 1.51. The van der Waals surface area contributed by atoms with Gasteiger partial charge < -0.3 is 14.6 Å². The molecule has 1 saturated heterocycles. The van der Waals surface area contributed by atoms with E-state index in [1.807, 2.05) is 0 Å². The largest absolute Gasteiger partial charge is 0.517 e. The minimum atomic E-state index is -1.78. The Morgan fingerprint density at radius 2 is 2.10 bits per heavy atom. The zero-order chi connectivity index (χ0) is 7.72. The second kappa shape index (κ2) is 1.98. The summed E-state index contributed by atoms with van der Waals surface area (Å²) in [6, 6.07) is 0. The van der Waals surface area contributed by atoms with Gasteiger partial charge in [0.2, 0.25) is 0 Å². The summed E-state index contributed by atoms with van der Waals surface area (Å²) in [5.41, 5.74) is 0. The summed E-state index contributed by atoms with van der Waals surface area (Å²) in [7, 11) is 0. The molecule has 0 radical (unpaired) electrons. The molecular weight excluding hydrogens is 144 g/mol. The van der Waals surface area contributed by atoms with Crippen molar-refractivity contribution in [2.24, 2.45) is 0 Å². The smallest absolute Gasteiger partial charge is 0.478 e. The first-order valence-corrected chi connectivity index (χ1v) is 2.26. The lowest BCUT2D eigenvalue weighted by Crippen LogP contribution is -2.26. The minimum absolute atomic E-state index is 1.18.